The summed E-state index contributed by atoms with van der Waals surface area (Å²) in [4.78, 5) is 21.1. The van der Waals surface area contributed by atoms with Crippen molar-refractivity contribution < 1.29 is 9.32 Å². The molecule has 1 atom stereocenters. The van der Waals surface area contributed by atoms with Crippen LogP contribution in [0.2, 0.25) is 0 Å². The van der Waals surface area contributed by atoms with Gasteiger partial charge in [0.05, 0.1) is 0 Å². The Morgan fingerprint density at radius 3 is 2.81 bits per heavy atom. The summed E-state index contributed by atoms with van der Waals surface area (Å²) in [5.41, 5.74) is 1.23. The van der Waals surface area contributed by atoms with Gasteiger partial charge >= 0.3 is 6.03 Å². The Morgan fingerprint density at radius 2 is 2.12 bits per heavy atom. The quantitative estimate of drug-likeness (QED) is 0.891. The Morgan fingerprint density at radius 1 is 1.31 bits per heavy atom. The smallest absolute Gasteiger partial charge is 0.317 e. The number of hydrogen-bond donors (Lipinski definition) is 1. The van der Waals surface area contributed by atoms with Gasteiger partial charge in [0.2, 0.25) is 5.89 Å². The molecule has 1 aromatic carbocycles. The van der Waals surface area contributed by atoms with Gasteiger partial charge in [-0.15, -0.1) is 0 Å². The molecule has 1 aromatic heterocycles. The van der Waals surface area contributed by atoms with Gasteiger partial charge < -0.3 is 14.7 Å². The van der Waals surface area contributed by atoms with Crippen LogP contribution in [0.25, 0.3) is 0 Å². The maximum Gasteiger partial charge on any atom is 0.317 e. The van der Waals surface area contributed by atoms with Crippen LogP contribution in [0, 0.1) is 6.92 Å². The van der Waals surface area contributed by atoms with E-state index in [1.165, 1.54) is 5.56 Å². The van der Waals surface area contributed by atoms with E-state index in [-0.39, 0.29) is 12.1 Å². The van der Waals surface area contributed by atoms with Crippen LogP contribution in [0.3, 0.4) is 0 Å². The van der Waals surface area contributed by atoms with Crippen LogP contribution >= 0.6 is 0 Å². The second kappa shape index (κ2) is 8.80. The van der Waals surface area contributed by atoms with Gasteiger partial charge in [-0.3, -0.25) is 4.90 Å². The zero-order valence-corrected chi connectivity index (χ0v) is 15.5. The van der Waals surface area contributed by atoms with Crippen molar-refractivity contribution in [3.05, 3.63) is 47.6 Å². The first-order valence-corrected chi connectivity index (χ1v) is 9.28. The predicted octanol–water partition coefficient (Wildman–Crippen LogP) is 2.75. The Kier molecular flexibility index (Phi) is 6.22. The van der Waals surface area contributed by atoms with Gasteiger partial charge in [0, 0.05) is 32.7 Å². The van der Waals surface area contributed by atoms with Crippen molar-refractivity contribution in [1.82, 2.24) is 25.3 Å². The highest BCUT2D eigenvalue weighted by atomic mass is 16.5. The number of nitrogens with zero attached hydrogens (tertiary/aromatic N) is 4. The Labute approximate surface area is 154 Å². The van der Waals surface area contributed by atoms with Crippen LogP contribution in [0.4, 0.5) is 4.79 Å². The predicted molar refractivity (Wildman–Crippen MR) is 98.5 cm³/mol. The third kappa shape index (κ3) is 4.60. The van der Waals surface area contributed by atoms with E-state index >= 15 is 0 Å². The van der Waals surface area contributed by atoms with Gasteiger partial charge in [-0.25, -0.2) is 4.79 Å². The molecular formula is C19H27N5O2. The number of benzene rings is 1. The molecule has 1 saturated heterocycles. The van der Waals surface area contributed by atoms with Crippen molar-refractivity contribution >= 4 is 6.03 Å². The molecule has 2 aromatic rings. The first-order chi connectivity index (χ1) is 12.7. The standard InChI is InChI=1S/C19H27N5O2/c1-3-10-20-19(25)24-12-7-11-23(13-16-8-5-4-6-9-16)17(14-24)18-21-15(2)22-26-18/h4-6,8-9,17H,3,7,10-14H2,1-2H3,(H,20,25). The van der Waals surface area contributed by atoms with E-state index in [9.17, 15) is 4.79 Å². The van der Waals surface area contributed by atoms with Crippen LogP contribution < -0.4 is 5.32 Å². The number of nitrogens with one attached hydrogen (secondary N) is 1. The van der Waals surface area contributed by atoms with E-state index in [1.807, 2.05) is 36.9 Å². The van der Waals surface area contributed by atoms with Crippen LogP contribution in [-0.4, -0.2) is 52.2 Å². The van der Waals surface area contributed by atoms with E-state index in [0.29, 0.717) is 24.8 Å². The minimum absolute atomic E-state index is 0.0188. The lowest BCUT2D eigenvalue weighted by Crippen LogP contribution is -2.43. The van der Waals surface area contributed by atoms with Gasteiger partial charge in [0.1, 0.15) is 6.04 Å². The number of aromatic nitrogens is 2. The number of urea groups is 1. The lowest BCUT2D eigenvalue weighted by Gasteiger charge is -2.29. The zero-order chi connectivity index (χ0) is 18.4. The van der Waals surface area contributed by atoms with Crippen LogP contribution in [0.15, 0.2) is 34.9 Å². The fraction of sp³-hybridized carbons (Fsp3) is 0.526. The Bertz CT molecular complexity index is 703. The number of amides is 2. The van der Waals surface area contributed by atoms with Gasteiger partial charge in [-0.2, -0.15) is 4.98 Å². The van der Waals surface area contributed by atoms with Gasteiger partial charge in [0.15, 0.2) is 5.82 Å². The van der Waals surface area contributed by atoms with Crippen LogP contribution in [-0.2, 0) is 6.54 Å². The fourth-order valence-electron chi connectivity index (χ4n) is 3.25. The molecule has 3 rings (SSSR count). The van der Waals surface area contributed by atoms with E-state index in [0.717, 1.165) is 32.5 Å². The van der Waals surface area contributed by atoms with Crippen molar-refractivity contribution in [2.75, 3.05) is 26.2 Å². The monoisotopic (exact) mass is 357 g/mol. The van der Waals surface area contributed by atoms with E-state index < -0.39 is 0 Å². The van der Waals surface area contributed by atoms with Crippen molar-refractivity contribution in [3.8, 4) is 0 Å². The molecule has 2 amide bonds. The third-order valence-electron chi connectivity index (χ3n) is 4.58. The molecule has 140 valence electrons. The Hall–Kier alpha value is -2.41. The summed E-state index contributed by atoms with van der Waals surface area (Å²) in [5, 5.41) is 6.92. The molecule has 26 heavy (non-hydrogen) atoms. The van der Waals surface area contributed by atoms with E-state index in [2.05, 4.69) is 32.5 Å². The molecule has 1 unspecified atom stereocenters. The number of carbonyl (C=O) groups excluding carboxylic acids is 1. The third-order valence-corrected chi connectivity index (χ3v) is 4.58. The summed E-state index contributed by atoms with van der Waals surface area (Å²) >= 11 is 0. The highest BCUT2D eigenvalue weighted by molar-refractivity contribution is 5.74. The summed E-state index contributed by atoms with van der Waals surface area (Å²) in [6.45, 7) is 7.49. The molecule has 7 heteroatoms. The molecule has 0 radical (unpaired) electrons. The average Bonchev–Trinajstić information content (AvgIpc) is 2.97. The molecule has 7 nitrogen and oxygen atoms in total. The Balaban J connectivity index is 1.80. The number of rotatable bonds is 5. The lowest BCUT2D eigenvalue weighted by molar-refractivity contribution is 0.141. The van der Waals surface area contributed by atoms with Crippen molar-refractivity contribution in [3.63, 3.8) is 0 Å². The minimum atomic E-state index is -0.105. The van der Waals surface area contributed by atoms with Gasteiger partial charge in [-0.05, 0) is 25.3 Å². The largest absolute Gasteiger partial charge is 0.338 e. The topological polar surface area (TPSA) is 74.5 Å². The number of carbonyl (C=O) groups is 1. The normalized spacial score (nSPS) is 18.5. The minimum Gasteiger partial charge on any atom is -0.338 e. The SMILES string of the molecule is CCCNC(=O)N1CCCN(Cc2ccccc2)C(c2nc(C)no2)C1. The first kappa shape index (κ1) is 18.4. The highest BCUT2D eigenvalue weighted by Gasteiger charge is 2.32. The molecule has 2 heterocycles. The van der Waals surface area contributed by atoms with Crippen LogP contribution in [0.1, 0.15) is 43.1 Å². The van der Waals surface area contributed by atoms with E-state index in [1.54, 1.807) is 0 Å². The fourth-order valence-corrected chi connectivity index (χ4v) is 3.25. The second-order valence-electron chi connectivity index (χ2n) is 6.68. The maximum absolute atomic E-state index is 12.5. The molecule has 1 aliphatic rings. The molecule has 0 bridgehead atoms. The molecule has 0 spiro atoms. The summed E-state index contributed by atoms with van der Waals surface area (Å²) in [7, 11) is 0. The highest BCUT2D eigenvalue weighted by Crippen LogP contribution is 2.26. The summed E-state index contributed by atoms with van der Waals surface area (Å²) < 4.78 is 5.48. The van der Waals surface area contributed by atoms with Crippen molar-refractivity contribution in [1.29, 1.82) is 0 Å². The molecule has 0 aliphatic carbocycles. The molecule has 1 aliphatic heterocycles. The molecule has 0 saturated carbocycles. The number of hydrogen-bond acceptors (Lipinski definition) is 5. The average molecular weight is 357 g/mol. The summed E-state index contributed by atoms with van der Waals surface area (Å²) in [6.07, 6.45) is 1.84. The maximum atomic E-state index is 12.5. The number of aryl methyl sites for hydroxylation is 1. The van der Waals surface area contributed by atoms with Crippen molar-refractivity contribution in [2.45, 2.75) is 39.3 Å². The summed E-state index contributed by atoms with van der Waals surface area (Å²) in [6, 6.07) is 10.2. The van der Waals surface area contributed by atoms with Crippen molar-refractivity contribution in [2.24, 2.45) is 0 Å². The van der Waals surface area contributed by atoms with Crippen LogP contribution in [0.5, 0.6) is 0 Å². The first-order valence-electron chi connectivity index (χ1n) is 9.28. The van der Waals surface area contributed by atoms with Gasteiger partial charge in [0.25, 0.3) is 0 Å². The second-order valence-corrected chi connectivity index (χ2v) is 6.68. The molecule has 1 fully saturated rings. The summed E-state index contributed by atoms with van der Waals surface area (Å²) in [5.74, 6) is 1.19. The van der Waals surface area contributed by atoms with Gasteiger partial charge in [-0.1, -0.05) is 42.4 Å². The lowest BCUT2D eigenvalue weighted by atomic mass is 10.1. The molecular weight excluding hydrogens is 330 g/mol. The van der Waals surface area contributed by atoms with E-state index in [4.69, 9.17) is 4.52 Å². The zero-order valence-electron chi connectivity index (χ0n) is 15.5. The molecule has 1 N–H and O–H groups in total.